The van der Waals surface area contributed by atoms with Crippen LogP contribution in [0.1, 0.15) is 0 Å². The van der Waals surface area contributed by atoms with Gasteiger partial charge in [-0.3, -0.25) is 0 Å². The number of aliphatic hydroxyl groups is 1. The maximum absolute atomic E-state index is 12.8. The molecule has 2 rings (SSSR count). The van der Waals surface area contributed by atoms with Crippen LogP contribution in [0.2, 0.25) is 5.02 Å². The minimum Gasteiger partial charge on any atom is -0.390 e. The molecule has 1 fully saturated rings. The lowest BCUT2D eigenvalue weighted by molar-refractivity contribution is 0.190. The molecular formula is C10H11ClFNO3S. The van der Waals surface area contributed by atoms with Crippen LogP contribution in [-0.2, 0) is 9.84 Å². The van der Waals surface area contributed by atoms with Crippen molar-refractivity contribution < 1.29 is 17.9 Å². The quantitative estimate of drug-likeness (QED) is 0.849. The molecule has 2 atom stereocenters. The highest BCUT2D eigenvalue weighted by molar-refractivity contribution is 7.91. The van der Waals surface area contributed by atoms with Crippen molar-refractivity contribution in [2.75, 3.05) is 16.8 Å². The summed E-state index contributed by atoms with van der Waals surface area (Å²) in [5.74, 6) is -0.883. The van der Waals surface area contributed by atoms with Gasteiger partial charge >= 0.3 is 0 Å². The van der Waals surface area contributed by atoms with Crippen molar-refractivity contribution >= 4 is 27.1 Å². The molecule has 0 aliphatic carbocycles. The summed E-state index contributed by atoms with van der Waals surface area (Å²) in [6.07, 6.45) is -0.971. The molecule has 1 aliphatic rings. The highest BCUT2D eigenvalue weighted by atomic mass is 35.5. The first-order chi connectivity index (χ1) is 7.87. The van der Waals surface area contributed by atoms with Gasteiger partial charge in [0.15, 0.2) is 9.84 Å². The molecule has 2 unspecified atom stereocenters. The van der Waals surface area contributed by atoms with E-state index in [0.717, 1.165) is 6.07 Å². The summed E-state index contributed by atoms with van der Waals surface area (Å²) >= 11 is 5.79. The second-order valence-electron chi connectivity index (χ2n) is 4.02. The highest BCUT2D eigenvalue weighted by Crippen LogP contribution is 2.25. The minimum absolute atomic E-state index is 0.151. The normalized spacial score (nSPS) is 27.0. The maximum Gasteiger partial charge on any atom is 0.155 e. The Morgan fingerprint density at radius 1 is 1.41 bits per heavy atom. The summed E-state index contributed by atoms with van der Waals surface area (Å²) in [6.45, 7) is 0. The van der Waals surface area contributed by atoms with Gasteiger partial charge in [0, 0.05) is 0 Å². The lowest BCUT2D eigenvalue weighted by Crippen LogP contribution is -2.31. The monoisotopic (exact) mass is 279 g/mol. The van der Waals surface area contributed by atoms with Crippen LogP contribution in [0, 0.1) is 5.82 Å². The summed E-state index contributed by atoms with van der Waals surface area (Å²) in [6, 6.07) is 3.14. The molecule has 2 N–H and O–H groups in total. The fraction of sp³-hybridized carbons (Fsp3) is 0.400. The van der Waals surface area contributed by atoms with E-state index in [4.69, 9.17) is 11.6 Å². The summed E-state index contributed by atoms with van der Waals surface area (Å²) in [4.78, 5) is 0. The molecule has 0 radical (unpaired) electrons. The Hall–Kier alpha value is -0.850. The van der Waals surface area contributed by atoms with E-state index >= 15 is 0 Å². The van der Waals surface area contributed by atoms with Crippen LogP contribution < -0.4 is 5.32 Å². The zero-order valence-electron chi connectivity index (χ0n) is 8.73. The molecule has 4 nitrogen and oxygen atoms in total. The number of aliphatic hydroxyl groups excluding tert-OH is 1. The Morgan fingerprint density at radius 3 is 2.65 bits per heavy atom. The van der Waals surface area contributed by atoms with Crippen molar-refractivity contribution in [3.05, 3.63) is 29.0 Å². The lowest BCUT2D eigenvalue weighted by Gasteiger charge is -2.17. The predicted molar refractivity (Wildman–Crippen MR) is 63.5 cm³/mol. The van der Waals surface area contributed by atoms with E-state index in [9.17, 15) is 17.9 Å². The van der Waals surface area contributed by atoms with Crippen LogP contribution in [-0.4, -0.2) is 37.2 Å². The van der Waals surface area contributed by atoms with Crippen LogP contribution in [0.25, 0.3) is 0 Å². The lowest BCUT2D eigenvalue weighted by atomic mass is 10.2. The van der Waals surface area contributed by atoms with Crippen LogP contribution in [0.5, 0.6) is 0 Å². The summed E-state index contributed by atoms with van der Waals surface area (Å²) < 4.78 is 35.4. The molecule has 0 aromatic heterocycles. The third-order valence-electron chi connectivity index (χ3n) is 2.59. The first-order valence-electron chi connectivity index (χ1n) is 4.97. The first kappa shape index (κ1) is 12.6. The smallest absolute Gasteiger partial charge is 0.155 e. The molecule has 1 heterocycles. The number of hydrogen-bond donors (Lipinski definition) is 2. The molecule has 1 aromatic rings. The van der Waals surface area contributed by atoms with Gasteiger partial charge in [-0.25, -0.2) is 12.8 Å². The number of nitrogens with one attached hydrogen (secondary N) is 1. The third-order valence-corrected chi connectivity index (χ3v) is 4.62. The number of benzene rings is 1. The predicted octanol–water partition coefficient (Wildman–Crippen LogP) is 1.05. The molecule has 0 saturated carbocycles. The van der Waals surface area contributed by atoms with E-state index in [1.54, 1.807) is 0 Å². The van der Waals surface area contributed by atoms with Gasteiger partial charge < -0.3 is 10.4 Å². The molecule has 0 bridgehead atoms. The van der Waals surface area contributed by atoms with Gasteiger partial charge in [0.25, 0.3) is 0 Å². The molecule has 17 heavy (non-hydrogen) atoms. The SMILES string of the molecule is O=S1(=O)CC(O)C(Nc2ccc(F)cc2Cl)C1. The topological polar surface area (TPSA) is 66.4 Å². The first-order valence-corrected chi connectivity index (χ1v) is 7.17. The van der Waals surface area contributed by atoms with E-state index in [2.05, 4.69) is 5.32 Å². The van der Waals surface area contributed by atoms with Gasteiger partial charge in [-0.05, 0) is 18.2 Å². The second-order valence-corrected chi connectivity index (χ2v) is 6.58. The highest BCUT2D eigenvalue weighted by Gasteiger charge is 2.36. The largest absolute Gasteiger partial charge is 0.390 e. The number of sulfone groups is 1. The van der Waals surface area contributed by atoms with E-state index < -0.39 is 27.8 Å². The van der Waals surface area contributed by atoms with Crippen molar-refractivity contribution in [2.24, 2.45) is 0 Å². The van der Waals surface area contributed by atoms with Gasteiger partial charge in [0.2, 0.25) is 0 Å². The number of anilines is 1. The maximum atomic E-state index is 12.8. The van der Waals surface area contributed by atoms with Crippen LogP contribution in [0.4, 0.5) is 10.1 Å². The number of rotatable bonds is 2. The fourth-order valence-corrected chi connectivity index (χ4v) is 3.74. The number of hydrogen-bond acceptors (Lipinski definition) is 4. The molecule has 0 spiro atoms. The average Bonchev–Trinajstić information content (AvgIpc) is 2.44. The van der Waals surface area contributed by atoms with Gasteiger partial charge in [0.05, 0.1) is 34.4 Å². The molecule has 0 amide bonds. The van der Waals surface area contributed by atoms with Gasteiger partial charge in [-0.1, -0.05) is 11.6 Å². The van der Waals surface area contributed by atoms with Crippen molar-refractivity contribution in [3.8, 4) is 0 Å². The summed E-state index contributed by atoms with van der Waals surface area (Å²) in [7, 11) is -3.22. The van der Waals surface area contributed by atoms with E-state index in [-0.39, 0.29) is 16.5 Å². The molecule has 1 saturated heterocycles. The van der Waals surface area contributed by atoms with Gasteiger partial charge in [0.1, 0.15) is 5.82 Å². The zero-order valence-corrected chi connectivity index (χ0v) is 10.3. The molecular weight excluding hydrogens is 269 g/mol. The molecule has 7 heteroatoms. The Morgan fingerprint density at radius 2 is 2.12 bits per heavy atom. The second kappa shape index (κ2) is 4.44. The Balaban J connectivity index is 2.17. The zero-order chi connectivity index (χ0) is 12.6. The van der Waals surface area contributed by atoms with Crippen LogP contribution in [0.15, 0.2) is 18.2 Å². The van der Waals surface area contributed by atoms with E-state index in [1.807, 2.05) is 0 Å². The standard InChI is InChI=1S/C10H11ClFNO3S/c11-7-3-6(12)1-2-8(7)13-9-4-17(15,16)5-10(9)14/h1-3,9-10,13-14H,4-5H2. The fourth-order valence-electron chi connectivity index (χ4n) is 1.77. The Bertz CT molecular complexity index is 534. The van der Waals surface area contributed by atoms with Crippen LogP contribution in [0.3, 0.4) is 0 Å². The summed E-state index contributed by atoms with van der Waals surface area (Å²) in [5, 5.41) is 12.5. The van der Waals surface area contributed by atoms with Gasteiger partial charge in [-0.15, -0.1) is 0 Å². The Labute approximate surface area is 103 Å². The molecule has 1 aromatic carbocycles. The minimum atomic E-state index is -3.22. The van der Waals surface area contributed by atoms with Crippen molar-refractivity contribution in [2.45, 2.75) is 12.1 Å². The Kier molecular flexibility index (Phi) is 3.29. The molecule has 1 aliphatic heterocycles. The van der Waals surface area contributed by atoms with Crippen molar-refractivity contribution in [1.82, 2.24) is 0 Å². The van der Waals surface area contributed by atoms with E-state index in [1.165, 1.54) is 12.1 Å². The van der Waals surface area contributed by atoms with E-state index in [0.29, 0.717) is 5.69 Å². The third kappa shape index (κ3) is 2.88. The van der Waals surface area contributed by atoms with Crippen molar-refractivity contribution in [3.63, 3.8) is 0 Å². The van der Waals surface area contributed by atoms with Crippen LogP contribution >= 0.6 is 11.6 Å². The van der Waals surface area contributed by atoms with Gasteiger partial charge in [-0.2, -0.15) is 0 Å². The molecule has 94 valence electrons. The average molecular weight is 280 g/mol. The summed E-state index contributed by atoms with van der Waals surface area (Å²) in [5.41, 5.74) is 0.411. The van der Waals surface area contributed by atoms with Crippen molar-refractivity contribution in [1.29, 1.82) is 0 Å². The number of halogens is 2.